The molecule has 0 bridgehead atoms. The molecule has 2 saturated heterocycles. The molecule has 30 heavy (non-hydrogen) atoms. The van der Waals surface area contributed by atoms with Crippen LogP contribution in [0.1, 0.15) is 45.2 Å². The molecule has 1 aromatic carbocycles. The standard InChI is InChI=1S/C21H24N4O5/c26-20(15-4-1-5-17-19(15)30-13-29-17)25-6-2-3-14(12-25)18-16(11-22-23-18)21(27)24-7-9-28-10-8-24/h1,4-5,11,14H,2-3,6-10,12-13H2,(H,22,23). The first-order valence-electron chi connectivity index (χ1n) is 10.3. The number of benzene rings is 1. The fourth-order valence-electron chi connectivity index (χ4n) is 4.38. The second-order valence-corrected chi connectivity index (χ2v) is 7.73. The van der Waals surface area contributed by atoms with Crippen LogP contribution in [-0.4, -0.2) is 78.0 Å². The van der Waals surface area contributed by atoms with Crippen LogP contribution in [0.2, 0.25) is 0 Å². The Labute approximate surface area is 173 Å². The number of likely N-dealkylation sites (tertiary alicyclic amines) is 1. The summed E-state index contributed by atoms with van der Waals surface area (Å²) in [6.07, 6.45) is 3.35. The molecule has 158 valence electrons. The van der Waals surface area contributed by atoms with E-state index >= 15 is 0 Å². The number of rotatable bonds is 3. The van der Waals surface area contributed by atoms with Crippen LogP contribution in [0.4, 0.5) is 0 Å². The fraction of sp³-hybridized carbons (Fsp3) is 0.476. The molecular weight excluding hydrogens is 388 g/mol. The van der Waals surface area contributed by atoms with Gasteiger partial charge in [0.05, 0.1) is 36.2 Å². The molecule has 5 rings (SSSR count). The summed E-state index contributed by atoms with van der Waals surface area (Å²) in [7, 11) is 0. The van der Waals surface area contributed by atoms with E-state index in [0.29, 0.717) is 62.0 Å². The zero-order chi connectivity index (χ0) is 20.5. The van der Waals surface area contributed by atoms with Gasteiger partial charge in [-0.15, -0.1) is 0 Å². The third kappa shape index (κ3) is 3.39. The first-order chi connectivity index (χ1) is 14.7. The summed E-state index contributed by atoms with van der Waals surface area (Å²) in [4.78, 5) is 29.8. The molecule has 1 aromatic heterocycles. The number of carbonyl (C=O) groups is 2. The van der Waals surface area contributed by atoms with Crippen molar-refractivity contribution < 1.29 is 23.8 Å². The van der Waals surface area contributed by atoms with Gasteiger partial charge in [0, 0.05) is 32.1 Å². The average molecular weight is 412 g/mol. The SMILES string of the molecule is O=C(c1cn[nH]c1C1CCCN(C(=O)c2cccc3c2OCO3)C1)N1CCOCC1. The van der Waals surface area contributed by atoms with E-state index in [1.165, 1.54) is 0 Å². The summed E-state index contributed by atoms with van der Waals surface area (Å²) in [5.41, 5.74) is 1.91. The number of ether oxygens (including phenoxy) is 3. The zero-order valence-electron chi connectivity index (χ0n) is 16.6. The number of H-pyrrole nitrogens is 1. The maximum Gasteiger partial charge on any atom is 0.257 e. The predicted molar refractivity (Wildman–Crippen MR) is 106 cm³/mol. The summed E-state index contributed by atoms with van der Waals surface area (Å²) in [6.45, 7) is 3.59. The highest BCUT2D eigenvalue weighted by atomic mass is 16.7. The Balaban J connectivity index is 1.34. The highest BCUT2D eigenvalue weighted by molar-refractivity contribution is 5.98. The van der Waals surface area contributed by atoms with Gasteiger partial charge in [0.1, 0.15) is 0 Å². The number of para-hydroxylation sites is 1. The van der Waals surface area contributed by atoms with Gasteiger partial charge in [-0.2, -0.15) is 5.10 Å². The lowest BCUT2D eigenvalue weighted by atomic mass is 9.91. The number of aromatic nitrogens is 2. The smallest absolute Gasteiger partial charge is 0.257 e. The van der Waals surface area contributed by atoms with Crippen molar-refractivity contribution in [1.29, 1.82) is 0 Å². The van der Waals surface area contributed by atoms with Crippen LogP contribution in [0.15, 0.2) is 24.4 Å². The van der Waals surface area contributed by atoms with Crippen molar-refractivity contribution in [2.24, 2.45) is 0 Å². The van der Waals surface area contributed by atoms with Gasteiger partial charge in [-0.25, -0.2) is 0 Å². The maximum atomic E-state index is 13.2. The Morgan fingerprint density at radius 1 is 1.03 bits per heavy atom. The van der Waals surface area contributed by atoms with E-state index < -0.39 is 0 Å². The number of fused-ring (bicyclic) bond motifs is 1. The van der Waals surface area contributed by atoms with E-state index in [2.05, 4.69) is 10.2 Å². The van der Waals surface area contributed by atoms with Gasteiger partial charge >= 0.3 is 0 Å². The molecule has 2 fully saturated rings. The van der Waals surface area contributed by atoms with Gasteiger partial charge in [-0.1, -0.05) is 6.07 Å². The largest absolute Gasteiger partial charge is 0.454 e. The first-order valence-corrected chi connectivity index (χ1v) is 10.3. The van der Waals surface area contributed by atoms with Crippen molar-refractivity contribution in [2.45, 2.75) is 18.8 Å². The number of morpholine rings is 1. The van der Waals surface area contributed by atoms with Crippen molar-refractivity contribution >= 4 is 11.8 Å². The minimum atomic E-state index is -0.0809. The fourth-order valence-corrected chi connectivity index (χ4v) is 4.38. The number of carbonyl (C=O) groups excluding carboxylic acids is 2. The van der Waals surface area contributed by atoms with Gasteiger partial charge in [0.2, 0.25) is 6.79 Å². The zero-order valence-corrected chi connectivity index (χ0v) is 16.6. The summed E-state index contributed by atoms with van der Waals surface area (Å²) in [5, 5.41) is 7.17. The molecule has 9 nitrogen and oxygen atoms in total. The Morgan fingerprint density at radius 2 is 1.87 bits per heavy atom. The second-order valence-electron chi connectivity index (χ2n) is 7.73. The quantitative estimate of drug-likeness (QED) is 0.823. The lowest BCUT2D eigenvalue weighted by Crippen LogP contribution is -2.42. The van der Waals surface area contributed by atoms with Gasteiger partial charge in [-0.05, 0) is 25.0 Å². The normalized spacial score (nSPS) is 21.0. The summed E-state index contributed by atoms with van der Waals surface area (Å²) in [6, 6.07) is 5.37. The third-order valence-electron chi connectivity index (χ3n) is 5.94. The summed E-state index contributed by atoms with van der Waals surface area (Å²) < 4.78 is 16.3. The number of aromatic amines is 1. The minimum Gasteiger partial charge on any atom is -0.454 e. The number of hydrogen-bond acceptors (Lipinski definition) is 6. The van der Waals surface area contributed by atoms with Crippen LogP contribution in [-0.2, 0) is 4.74 Å². The van der Waals surface area contributed by atoms with E-state index in [-0.39, 0.29) is 24.5 Å². The van der Waals surface area contributed by atoms with Crippen LogP contribution >= 0.6 is 0 Å². The molecule has 2 aromatic rings. The predicted octanol–water partition coefficient (Wildman–Crippen LogP) is 1.63. The number of nitrogens with zero attached hydrogens (tertiary/aromatic N) is 3. The maximum absolute atomic E-state index is 13.2. The summed E-state index contributed by atoms with van der Waals surface area (Å²) in [5.74, 6) is 1.02. The van der Waals surface area contributed by atoms with Crippen molar-refractivity contribution in [2.75, 3.05) is 46.2 Å². The van der Waals surface area contributed by atoms with Crippen molar-refractivity contribution in [3.8, 4) is 11.5 Å². The molecule has 0 saturated carbocycles. The average Bonchev–Trinajstić information content (AvgIpc) is 3.48. The van der Waals surface area contributed by atoms with Gasteiger partial charge < -0.3 is 24.0 Å². The van der Waals surface area contributed by atoms with E-state index in [1.807, 2.05) is 4.90 Å². The topological polar surface area (TPSA) is 97.0 Å². The van der Waals surface area contributed by atoms with Gasteiger partial charge in [0.15, 0.2) is 11.5 Å². The molecule has 1 unspecified atom stereocenters. The van der Waals surface area contributed by atoms with Crippen LogP contribution < -0.4 is 9.47 Å². The molecule has 0 aliphatic carbocycles. The van der Waals surface area contributed by atoms with E-state index in [4.69, 9.17) is 14.2 Å². The molecule has 9 heteroatoms. The van der Waals surface area contributed by atoms with Gasteiger partial charge in [-0.3, -0.25) is 14.7 Å². The van der Waals surface area contributed by atoms with E-state index in [1.54, 1.807) is 29.3 Å². The van der Waals surface area contributed by atoms with Crippen LogP contribution in [0, 0.1) is 0 Å². The van der Waals surface area contributed by atoms with Crippen molar-refractivity contribution in [1.82, 2.24) is 20.0 Å². The van der Waals surface area contributed by atoms with E-state index in [9.17, 15) is 9.59 Å². The Morgan fingerprint density at radius 3 is 2.73 bits per heavy atom. The molecule has 1 N–H and O–H groups in total. The van der Waals surface area contributed by atoms with E-state index in [0.717, 1.165) is 18.5 Å². The summed E-state index contributed by atoms with van der Waals surface area (Å²) >= 11 is 0. The first kappa shape index (κ1) is 18.9. The van der Waals surface area contributed by atoms with Crippen LogP contribution in [0.25, 0.3) is 0 Å². The molecule has 3 aliphatic heterocycles. The minimum absolute atomic E-state index is 0.0270. The van der Waals surface area contributed by atoms with Crippen molar-refractivity contribution in [3.63, 3.8) is 0 Å². The molecule has 2 amide bonds. The molecule has 0 spiro atoms. The lowest BCUT2D eigenvalue weighted by molar-refractivity contribution is 0.0301. The molecule has 3 aliphatic rings. The highest BCUT2D eigenvalue weighted by Gasteiger charge is 2.33. The second kappa shape index (κ2) is 7.98. The molecule has 1 atom stereocenters. The van der Waals surface area contributed by atoms with Crippen LogP contribution in [0.5, 0.6) is 11.5 Å². The third-order valence-corrected chi connectivity index (χ3v) is 5.94. The molecule has 4 heterocycles. The Hall–Kier alpha value is -3.07. The Bertz CT molecular complexity index is 953. The van der Waals surface area contributed by atoms with Gasteiger partial charge in [0.25, 0.3) is 11.8 Å². The highest BCUT2D eigenvalue weighted by Crippen LogP contribution is 2.37. The molecular formula is C21H24N4O5. The van der Waals surface area contributed by atoms with Crippen LogP contribution in [0.3, 0.4) is 0 Å². The lowest BCUT2D eigenvalue weighted by Gasteiger charge is -2.33. The monoisotopic (exact) mass is 412 g/mol. The molecule has 0 radical (unpaired) electrons. The number of hydrogen-bond donors (Lipinski definition) is 1. The number of nitrogens with one attached hydrogen (secondary N) is 1. The van der Waals surface area contributed by atoms with Crippen molar-refractivity contribution in [3.05, 3.63) is 41.2 Å². The number of piperidine rings is 1. The number of amides is 2. The Kier molecular flexibility index (Phi) is 5.04.